The normalized spacial score (nSPS) is 14.5. The number of anilines is 1. The van der Waals surface area contributed by atoms with Gasteiger partial charge < -0.3 is 19.9 Å². The number of amides is 1. The molecule has 0 aliphatic carbocycles. The van der Waals surface area contributed by atoms with Crippen LogP contribution >= 0.6 is 11.6 Å². The van der Waals surface area contributed by atoms with Crippen molar-refractivity contribution in [3.63, 3.8) is 0 Å². The molecular weight excluding hydrogens is 428 g/mol. The van der Waals surface area contributed by atoms with E-state index < -0.39 is 0 Å². The molecule has 1 amide bonds. The van der Waals surface area contributed by atoms with E-state index in [-0.39, 0.29) is 11.1 Å². The van der Waals surface area contributed by atoms with Gasteiger partial charge >= 0.3 is 0 Å². The number of methoxy groups -OCH3 is 1. The summed E-state index contributed by atoms with van der Waals surface area (Å²) in [4.78, 5) is 26.1. The van der Waals surface area contributed by atoms with Crippen molar-refractivity contribution in [3.05, 3.63) is 40.4 Å². The molecule has 166 valence electrons. The Bertz CT molecular complexity index is 1180. The van der Waals surface area contributed by atoms with Crippen molar-refractivity contribution < 1.29 is 9.53 Å². The van der Waals surface area contributed by atoms with Crippen LogP contribution in [0.1, 0.15) is 36.2 Å². The number of aryl methyl sites for hydroxylation is 1. The van der Waals surface area contributed by atoms with Crippen LogP contribution in [0.3, 0.4) is 0 Å². The predicted molar refractivity (Wildman–Crippen MR) is 123 cm³/mol. The fourth-order valence-electron chi connectivity index (χ4n) is 4.22. The van der Waals surface area contributed by atoms with Crippen molar-refractivity contribution in [2.75, 3.05) is 25.9 Å². The van der Waals surface area contributed by atoms with Gasteiger partial charge in [0.25, 0.3) is 0 Å². The van der Waals surface area contributed by atoms with Crippen LogP contribution in [0.2, 0.25) is 5.28 Å². The van der Waals surface area contributed by atoms with E-state index in [1.807, 2.05) is 23.1 Å². The molecule has 1 aliphatic rings. The first-order valence-corrected chi connectivity index (χ1v) is 10.9. The van der Waals surface area contributed by atoms with Crippen LogP contribution < -0.4 is 10.5 Å². The molecule has 2 N–H and O–H groups in total. The van der Waals surface area contributed by atoms with Crippen molar-refractivity contribution in [1.29, 1.82) is 0 Å². The molecule has 0 spiro atoms. The highest BCUT2D eigenvalue weighted by atomic mass is 35.5. The lowest BCUT2D eigenvalue weighted by Crippen LogP contribution is -2.32. The smallest absolute Gasteiger partial charge is 0.226 e. The number of benzene rings is 1. The number of fused-ring (bicyclic) bond motifs is 1. The van der Waals surface area contributed by atoms with E-state index >= 15 is 0 Å². The highest BCUT2D eigenvalue weighted by Gasteiger charge is 2.21. The van der Waals surface area contributed by atoms with Crippen molar-refractivity contribution >= 4 is 35.0 Å². The molecule has 32 heavy (non-hydrogen) atoms. The fraction of sp³-hybridized carbons (Fsp3) is 0.391. The summed E-state index contributed by atoms with van der Waals surface area (Å²) in [5.74, 6) is 5.02. The number of carbonyl (C=O) groups excluding carboxylic acids is 1. The summed E-state index contributed by atoms with van der Waals surface area (Å²) in [6.45, 7) is 2.30. The maximum absolute atomic E-state index is 11.0. The summed E-state index contributed by atoms with van der Waals surface area (Å²) < 4.78 is 7.44. The SMILES string of the molecule is C#Cc1ccc(OC)cc1Cc1nc2c(N)nc(Cl)nc2n1CCC1CCN(C=O)CC1. The molecule has 8 nitrogen and oxygen atoms in total. The maximum atomic E-state index is 11.0. The zero-order chi connectivity index (χ0) is 22.7. The zero-order valence-electron chi connectivity index (χ0n) is 17.9. The summed E-state index contributed by atoms with van der Waals surface area (Å²) >= 11 is 6.11. The van der Waals surface area contributed by atoms with Crippen LogP contribution in [0.4, 0.5) is 5.82 Å². The van der Waals surface area contributed by atoms with Crippen molar-refractivity contribution in [2.45, 2.75) is 32.2 Å². The van der Waals surface area contributed by atoms with Crippen LogP contribution in [-0.4, -0.2) is 51.0 Å². The van der Waals surface area contributed by atoms with Crippen LogP contribution in [0.15, 0.2) is 18.2 Å². The first-order chi connectivity index (χ1) is 15.5. The molecule has 1 aromatic carbocycles. The molecular formula is C23H25ClN6O2. The molecule has 0 atom stereocenters. The first kappa shape index (κ1) is 21.9. The molecule has 1 fully saturated rings. The lowest BCUT2D eigenvalue weighted by Gasteiger charge is -2.29. The molecule has 0 radical (unpaired) electrons. The quantitative estimate of drug-likeness (QED) is 0.336. The Balaban J connectivity index is 1.67. The number of aromatic nitrogens is 4. The Morgan fingerprint density at radius 1 is 1.31 bits per heavy atom. The van der Waals surface area contributed by atoms with Crippen molar-refractivity contribution in [1.82, 2.24) is 24.4 Å². The summed E-state index contributed by atoms with van der Waals surface area (Å²) in [6.07, 6.45) is 10.0. The second-order valence-corrected chi connectivity index (χ2v) is 8.29. The summed E-state index contributed by atoms with van der Waals surface area (Å²) in [5, 5.41) is 0.0904. The van der Waals surface area contributed by atoms with E-state index in [4.69, 9.17) is 33.5 Å². The molecule has 4 rings (SSSR count). The van der Waals surface area contributed by atoms with E-state index in [1.54, 1.807) is 7.11 Å². The lowest BCUT2D eigenvalue weighted by atomic mass is 9.94. The number of likely N-dealkylation sites (tertiary alicyclic amines) is 1. The van der Waals surface area contributed by atoms with Gasteiger partial charge in [0.15, 0.2) is 17.0 Å². The highest BCUT2D eigenvalue weighted by molar-refractivity contribution is 6.28. The van der Waals surface area contributed by atoms with Crippen molar-refractivity contribution in [3.8, 4) is 18.1 Å². The number of ether oxygens (including phenoxy) is 1. The molecule has 0 unspecified atom stereocenters. The number of hydrogen-bond donors (Lipinski definition) is 1. The van der Waals surface area contributed by atoms with Gasteiger partial charge in [-0.1, -0.05) is 5.92 Å². The molecule has 9 heteroatoms. The Kier molecular flexibility index (Phi) is 6.47. The molecule has 3 heterocycles. The second-order valence-electron chi connectivity index (χ2n) is 7.95. The monoisotopic (exact) mass is 452 g/mol. The minimum atomic E-state index is 0.0904. The van der Waals surface area contributed by atoms with E-state index in [0.29, 0.717) is 30.0 Å². The third-order valence-corrected chi connectivity index (χ3v) is 6.22. The highest BCUT2D eigenvalue weighted by Crippen LogP contribution is 2.27. The van der Waals surface area contributed by atoms with Gasteiger partial charge in [0.1, 0.15) is 11.6 Å². The molecule has 0 saturated carbocycles. The van der Waals surface area contributed by atoms with Crippen LogP contribution in [0, 0.1) is 18.3 Å². The van der Waals surface area contributed by atoms with Gasteiger partial charge in [0.05, 0.1) is 7.11 Å². The number of piperidine rings is 1. The number of rotatable bonds is 7. The van der Waals surface area contributed by atoms with Gasteiger partial charge in [-0.15, -0.1) is 6.42 Å². The van der Waals surface area contributed by atoms with Gasteiger partial charge in [-0.3, -0.25) is 4.79 Å². The number of nitrogens with two attached hydrogens (primary N) is 1. The van der Waals surface area contributed by atoms with Gasteiger partial charge in [-0.25, -0.2) is 4.98 Å². The molecule has 1 saturated heterocycles. The minimum Gasteiger partial charge on any atom is -0.497 e. The van der Waals surface area contributed by atoms with Crippen LogP contribution in [0.5, 0.6) is 5.75 Å². The Morgan fingerprint density at radius 3 is 2.78 bits per heavy atom. The average molecular weight is 453 g/mol. The number of carbonyl (C=O) groups is 1. The van der Waals surface area contributed by atoms with E-state index in [0.717, 1.165) is 61.5 Å². The minimum absolute atomic E-state index is 0.0904. The lowest BCUT2D eigenvalue weighted by molar-refractivity contribution is -0.119. The molecule has 2 aromatic heterocycles. The summed E-state index contributed by atoms with van der Waals surface area (Å²) in [7, 11) is 1.62. The number of nitrogen functional groups attached to an aromatic ring is 1. The third kappa shape index (κ3) is 4.48. The van der Waals surface area contributed by atoms with Gasteiger partial charge in [-0.05, 0) is 60.5 Å². The third-order valence-electron chi connectivity index (χ3n) is 6.05. The average Bonchev–Trinajstić information content (AvgIpc) is 3.15. The van der Waals surface area contributed by atoms with E-state index in [9.17, 15) is 4.79 Å². The Morgan fingerprint density at radius 2 is 2.09 bits per heavy atom. The topological polar surface area (TPSA) is 99.2 Å². The predicted octanol–water partition coefficient (Wildman–Crippen LogP) is 2.90. The number of hydrogen-bond acceptors (Lipinski definition) is 6. The molecule has 3 aromatic rings. The van der Waals surface area contributed by atoms with Gasteiger partial charge in [-0.2, -0.15) is 9.97 Å². The summed E-state index contributed by atoms with van der Waals surface area (Å²) in [5.41, 5.74) is 8.96. The fourth-order valence-corrected chi connectivity index (χ4v) is 4.39. The standard InChI is InChI=1S/C23H25ClN6O2/c1-3-16-4-5-18(32-2)12-17(16)13-19-26-20-21(25)27-23(24)28-22(20)30(19)11-8-15-6-9-29(14-31)10-7-15/h1,4-5,12,14-15H,6-11,13H2,2H3,(H2,25,27,28). The van der Waals surface area contributed by atoms with Gasteiger partial charge in [0, 0.05) is 31.6 Å². The number of imidazole rings is 1. The number of terminal acetylenes is 1. The number of halogens is 1. The second kappa shape index (κ2) is 9.45. The van der Waals surface area contributed by atoms with E-state index in [2.05, 4.69) is 20.5 Å². The Hall–Kier alpha value is -3.31. The molecule has 0 bridgehead atoms. The van der Waals surface area contributed by atoms with Gasteiger partial charge in [0.2, 0.25) is 11.7 Å². The summed E-state index contributed by atoms with van der Waals surface area (Å²) in [6, 6.07) is 5.64. The first-order valence-electron chi connectivity index (χ1n) is 10.5. The van der Waals surface area contributed by atoms with Crippen LogP contribution in [-0.2, 0) is 17.8 Å². The number of nitrogens with zero attached hydrogens (tertiary/aromatic N) is 5. The largest absolute Gasteiger partial charge is 0.497 e. The maximum Gasteiger partial charge on any atom is 0.226 e. The van der Waals surface area contributed by atoms with Crippen molar-refractivity contribution in [2.24, 2.45) is 5.92 Å². The zero-order valence-corrected chi connectivity index (χ0v) is 18.7. The molecule has 1 aliphatic heterocycles. The van der Waals surface area contributed by atoms with Crippen LogP contribution in [0.25, 0.3) is 11.2 Å². The van der Waals surface area contributed by atoms with E-state index in [1.165, 1.54) is 0 Å². The Labute approximate surface area is 191 Å².